The Morgan fingerprint density at radius 2 is 1.72 bits per heavy atom. The number of carboxylic acid groups (broad SMARTS) is 1. The zero-order valence-corrected chi connectivity index (χ0v) is 30.7. The maximum atomic E-state index is 13.4. The van der Waals surface area contributed by atoms with E-state index in [-0.39, 0.29) is 45.6 Å². The fraction of sp³-hybridized carbons (Fsp3) is 0.846. The number of amides is 1. The van der Waals surface area contributed by atoms with Crippen molar-refractivity contribution >= 4 is 21.7 Å². The normalized spacial score (nSPS) is 43.1. The lowest BCUT2D eigenvalue weighted by Crippen LogP contribution is -2.67. The third-order valence-corrected chi connectivity index (χ3v) is 17.2. The van der Waals surface area contributed by atoms with Gasteiger partial charge in [-0.05, 0) is 134 Å². The van der Waals surface area contributed by atoms with Crippen molar-refractivity contribution in [2.24, 2.45) is 45.8 Å². The fourth-order valence-corrected chi connectivity index (χ4v) is 14.2. The van der Waals surface area contributed by atoms with E-state index < -0.39 is 15.8 Å². The molecule has 0 aromatic rings. The van der Waals surface area contributed by atoms with Crippen molar-refractivity contribution in [2.45, 2.75) is 130 Å². The maximum Gasteiger partial charge on any atom is 0.303 e. The number of fused-ring (bicyclic) bond motifs is 7. The Hall–Kier alpha value is -1.67. The van der Waals surface area contributed by atoms with Gasteiger partial charge in [0.15, 0.2) is 9.84 Å². The summed E-state index contributed by atoms with van der Waals surface area (Å²) in [6.07, 6.45) is 19.2. The van der Waals surface area contributed by atoms with Gasteiger partial charge < -0.3 is 15.3 Å². The monoisotopic (exact) mass is 670 g/mol. The molecule has 0 bridgehead atoms. The van der Waals surface area contributed by atoms with Crippen LogP contribution in [0.4, 0.5) is 0 Å². The SMILES string of the molecule is CC/C=C(\CCC(=O)O)C1=CCC2(C)C(CCC3(C)C2CCC2C4CCC[C@]4(NCC(=O)N4CCCS(=O)(=O)CC4)CC[C@]23C)C1C. The number of allylic oxidation sites excluding steroid dienone is 4. The van der Waals surface area contributed by atoms with Crippen LogP contribution in [0.25, 0.3) is 0 Å². The van der Waals surface area contributed by atoms with E-state index in [1.807, 2.05) is 0 Å². The number of hydrogen-bond acceptors (Lipinski definition) is 5. The highest BCUT2D eigenvalue weighted by Crippen LogP contribution is 2.75. The number of carboxylic acids is 1. The van der Waals surface area contributed by atoms with Crippen molar-refractivity contribution < 1.29 is 23.1 Å². The molecule has 47 heavy (non-hydrogen) atoms. The maximum absolute atomic E-state index is 13.4. The van der Waals surface area contributed by atoms with E-state index in [1.54, 1.807) is 4.90 Å². The smallest absolute Gasteiger partial charge is 0.303 e. The van der Waals surface area contributed by atoms with Crippen LogP contribution in [0.15, 0.2) is 23.3 Å². The van der Waals surface area contributed by atoms with Crippen molar-refractivity contribution in [1.82, 2.24) is 10.2 Å². The van der Waals surface area contributed by atoms with Gasteiger partial charge in [0, 0.05) is 25.0 Å². The number of aliphatic carboxylic acids is 1. The number of carbonyl (C=O) groups excluding carboxylic acids is 1. The Bertz CT molecular complexity index is 1410. The minimum atomic E-state index is -3.04. The predicted molar refractivity (Wildman–Crippen MR) is 188 cm³/mol. The molecule has 4 saturated carbocycles. The predicted octanol–water partition coefficient (Wildman–Crippen LogP) is 7.18. The highest BCUT2D eigenvalue weighted by Gasteiger charge is 2.68. The Balaban J connectivity index is 1.19. The molecule has 264 valence electrons. The lowest BCUT2D eigenvalue weighted by molar-refractivity contribution is -0.212. The van der Waals surface area contributed by atoms with Crippen molar-refractivity contribution in [3.05, 3.63) is 23.3 Å². The van der Waals surface area contributed by atoms with E-state index in [9.17, 15) is 23.1 Å². The highest BCUT2D eigenvalue weighted by molar-refractivity contribution is 7.91. The summed E-state index contributed by atoms with van der Waals surface area (Å²) >= 11 is 0. The van der Waals surface area contributed by atoms with Gasteiger partial charge in [-0.3, -0.25) is 9.59 Å². The fourth-order valence-electron chi connectivity index (χ4n) is 12.9. The average molecular weight is 671 g/mol. The topological polar surface area (TPSA) is 104 Å². The molecule has 1 aliphatic heterocycles. The van der Waals surface area contributed by atoms with Crippen molar-refractivity contribution in [3.63, 3.8) is 0 Å². The molecular formula is C39H62N2O5S. The second-order valence-electron chi connectivity index (χ2n) is 17.3. The Kier molecular flexibility index (Phi) is 9.65. The van der Waals surface area contributed by atoms with Crippen molar-refractivity contribution in [3.8, 4) is 0 Å². The summed E-state index contributed by atoms with van der Waals surface area (Å²) < 4.78 is 24.3. The van der Waals surface area contributed by atoms with Gasteiger partial charge in [0.2, 0.25) is 5.91 Å². The Morgan fingerprint density at radius 1 is 0.936 bits per heavy atom. The quantitative estimate of drug-likeness (QED) is 0.284. The van der Waals surface area contributed by atoms with E-state index in [1.165, 1.54) is 56.1 Å². The van der Waals surface area contributed by atoms with Crippen LogP contribution in [0.2, 0.25) is 0 Å². The third kappa shape index (κ3) is 5.97. The number of hydrogen-bond donors (Lipinski definition) is 2. The average Bonchev–Trinajstić information content (AvgIpc) is 3.35. The van der Waals surface area contributed by atoms with E-state index >= 15 is 0 Å². The molecule has 5 fully saturated rings. The van der Waals surface area contributed by atoms with Crippen LogP contribution in [-0.2, 0) is 19.4 Å². The van der Waals surface area contributed by atoms with Crippen LogP contribution in [0.1, 0.15) is 125 Å². The first-order valence-electron chi connectivity index (χ1n) is 19.0. The van der Waals surface area contributed by atoms with Gasteiger partial charge in [-0.25, -0.2) is 8.42 Å². The summed E-state index contributed by atoms with van der Waals surface area (Å²) in [5, 5.41) is 13.3. The molecule has 0 spiro atoms. The Labute approximate surface area is 284 Å². The number of nitrogens with zero attached hydrogens (tertiary/aromatic N) is 1. The standard InChI is InChI=1S/C39H62N2O5S/c1-6-9-28(11-14-35(43)44)29-15-18-36(3)30(27(29)2)16-19-38(5)33(36)13-12-31-32-10-7-17-39(32,21-20-37(31,38)4)40-26-34(42)41-22-8-24-47(45,46)25-23-41/h9,15,27,30-33,40H,6-8,10-14,16-26H2,1-5H3,(H,43,44)/b28-9+/t27?,30?,31?,32?,33?,36?,37-,38?,39+/m1/s1. The molecule has 1 amide bonds. The summed E-state index contributed by atoms with van der Waals surface area (Å²) in [7, 11) is -3.04. The molecule has 7 unspecified atom stereocenters. The highest BCUT2D eigenvalue weighted by atomic mass is 32.2. The second-order valence-corrected chi connectivity index (χ2v) is 19.6. The minimum Gasteiger partial charge on any atom is -0.481 e. The van der Waals surface area contributed by atoms with Crippen LogP contribution in [-0.4, -0.2) is 67.0 Å². The number of nitrogens with one attached hydrogen (secondary N) is 1. The third-order valence-electron chi connectivity index (χ3n) is 15.5. The van der Waals surface area contributed by atoms with Crippen LogP contribution in [0, 0.1) is 45.8 Å². The molecule has 6 aliphatic rings. The summed E-state index contributed by atoms with van der Waals surface area (Å²) in [5.74, 6) is 2.64. The molecule has 0 radical (unpaired) electrons. The molecule has 9 atom stereocenters. The van der Waals surface area contributed by atoms with E-state index in [4.69, 9.17) is 0 Å². The van der Waals surface area contributed by atoms with Gasteiger partial charge in [0.1, 0.15) is 0 Å². The first kappa shape index (κ1) is 35.2. The Morgan fingerprint density at radius 3 is 2.47 bits per heavy atom. The molecular weight excluding hydrogens is 609 g/mol. The van der Waals surface area contributed by atoms with Gasteiger partial charge in [-0.2, -0.15) is 0 Å². The second kappa shape index (κ2) is 12.9. The molecule has 8 heteroatoms. The molecule has 5 aliphatic carbocycles. The number of carbonyl (C=O) groups is 2. The van der Waals surface area contributed by atoms with E-state index in [2.05, 4.69) is 52.1 Å². The van der Waals surface area contributed by atoms with Gasteiger partial charge in [0.25, 0.3) is 0 Å². The van der Waals surface area contributed by atoms with Gasteiger partial charge in [-0.15, -0.1) is 0 Å². The lowest BCUT2D eigenvalue weighted by Gasteiger charge is -2.71. The van der Waals surface area contributed by atoms with Crippen LogP contribution >= 0.6 is 0 Å². The first-order valence-corrected chi connectivity index (χ1v) is 20.9. The van der Waals surface area contributed by atoms with Gasteiger partial charge in [-0.1, -0.05) is 53.2 Å². The van der Waals surface area contributed by atoms with Crippen molar-refractivity contribution in [2.75, 3.05) is 31.1 Å². The molecule has 0 aromatic heterocycles. The first-order chi connectivity index (χ1) is 22.2. The van der Waals surface area contributed by atoms with Crippen LogP contribution in [0.3, 0.4) is 0 Å². The summed E-state index contributed by atoms with van der Waals surface area (Å²) in [6, 6.07) is 0. The zero-order valence-electron chi connectivity index (χ0n) is 29.9. The number of sulfone groups is 1. The molecule has 1 saturated heterocycles. The van der Waals surface area contributed by atoms with E-state index in [0.29, 0.717) is 62.1 Å². The summed E-state index contributed by atoms with van der Waals surface area (Å²) in [6.45, 7) is 13.7. The largest absolute Gasteiger partial charge is 0.481 e. The van der Waals surface area contributed by atoms with Crippen LogP contribution < -0.4 is 5.32 Å². The molecule has 0 aromatic carbocycles. The van der Waals surface area contributed by atoms with E-state index in [0.717, 1.165) is 25.7 Å². The summed E-state index contributed by atoms with van der Waals surface area (Å²) in [4.78, 5) is 26.6. The minimum absolute atomic E-state index is 0.0248. The lowest BCUT2D eigenvalue weighted by atomic mass is 9.34. The molecule has 6 rings (SSSR count). The van der Waals surface area contributed by atoms with Gasteiger partial charge >= 0.3 is 5.97 Å². The molecule has 1 heterocycles. The zero-order chi connectivity index (χ0) is 33.8. The van der Waals surface area contributed by atoms with Crippen LogP contribution in [0.5, 0.6) is 0 Å². The number of rotatable bonds is 8. The van der Waals surface area contributed by atoms with Gasteiger partial charge in [0.05, 0.1) is 18.1 Å². The summed E-state index contributed by atoms with van der Waals surface area (Å²) in [5.41, 5.74) is 3.52. The molecule has 2 N–H and O–H groups in total. The molecule has 7 nitrogen and oxygen atoms in total. The van der Waals surface area contributed by atoms with Crippen molar-refractivity contribution in [1.29, 1.82) is 0 Å².